The molecule has 17 heavy (non-hydrogen) atoms. The first-order chi connectivity index (χ1) is 8.01. The highest BCUT2D eigenvalue weighted by molar-refractivity contribution is 7.80. The number of hydrogen-bond acceptors (Lipinski definition) is 2. The van der Waals surface area contributed by atoms with Crippen LogP contribution in [0.3, 0.4) is 0 Å². The van der Waals surface area contributed by atoms with Crippen LogP contribution in [0.15, 0.2) is 6.07 Å². The van der Waals surface area contributed by atoms with Gasteiger partial charge in [0.05, 0.1) is 6.61 Å². The predicted molar refractivity (Wildman–Crippen MR) is 59.4 cm³/mol. The van der Waals surface area contributed by atoms with E-state index in [0.29, 0.717) is 12.2 Å². The van der Waals surface area contributed by atoms with Gasteiger partial charge >= 0.3 is 0 Å². The lowest BCUT2D eigenvalue weighted by Gasteiger charge is -2.14. The predicted octanol–water partition coefficient (Wildman–Crippen LogP) is 3.58. The maximum absolute atomic E-state index is 13.2. The van der Waals surface area contributed by atoms with Gasteiger partial charge in [-0.1, -0.05) is 6.92 Å². The van der Waals surface area contributed by atoms with Gasteiger partial charge in [0.2, 0.25) is 11.6 Å². The molecule has 6 heteroatoms. The summed E-state index contributed by atoms with van der Waals surface area (Å²) in [6, 6.07) is 0.146. The Bertz CT molecular complexity index is 367. The third-order valence-electron chi connectivity index (χ3n) is 2.37. The Kier molecular flexibility index (Phi) is 5.11. The van der Waals surface area contributed by atoms with Gasteiger partial charge in [0.1, 0.15) is 0 Å². The van der Waals surface area contributed by atoms with Crippen LogP contribution in [0.25, 0.3) is 0 Å². The van der Waals surface area contributed by atoms with Crippen molar-refractivity contribution in [2.75, 3.05) is 12.4 Å². The van der Waals surface area contributed by atoms with Crippen LogP contribution in [0.2, 0.25) is 0 Å². The molecule has 0 radical (unpaired) electrons. The molecule has 1 atom stereocenters. The highest BCUT2D eigenvalue weighted by Crippen LogP contribution is 2.27. The van der Waals surface area contributed by atoms with Crippen LogP contribution in [0.5, 0.6) is 5.75 Å². The molecule has 0 fully saturated rings. The Labute approximate surface area is 102 Å². The van der Waals surface area contributed by atoms with Gasteiger partial charge in [-0.3, -0.25) is 0 Å². The molecule has 0 aromatic heterocycles. The van der Waals surface area contributed by atoms with Gasteiger partial charge in [-0.15, -0.1) is 0 Å². The lowest BCUT2D eigenvalue weighted by molar-refractivity contribution is 0.230. The Morgan fingerprint density at radius 2 is 1.71 bits per heavy atom. The molecule has 0 N–H and O–H groups in total. The SMILES string of the molecule is CCC(CS)COc1c(F)c(F)cc(F)c1F. The molecule has 1 unspecified atom stereocenters. The van der Waals surface area contributed by atoms with E-state index in [-0.39, 0.29) is 18.6 Å². The summed E-state index contributed by atoms with van der Waals surface area (Å²) in [4.78, 5) is 0. The molecule has 0 heterocycles. The van der Waals surface area contributed by atoms with Gasteiger partial charge < -0.3 is 4.74 Å². The molecule has 1 rings (SSSR count). The van der Waals surface area contributed by atoms with E-state index in [1.165, 1.54) is 0 Å². The van der Waals surface area contributed by atoms with Crippen molar-refractivity contribution in [2.24, 2.45) is 5.92 Å². The number of rotatable bonds is 5. The smallest absolute Gasteiger partial charge is 0.203 e. The Morgan fingerprint density at radius 3 is 2.12 bits per heavy atom. The zero-order chi connectivity index (χ0) is 13.0. The van der Waals surface area contributed by atoms with E-state index < -0.39 is 29.0 Å². The molecule has 1 aromatic rings. The molecule has 0 bridgehead atoms. The molecule has 1 aromatic carbocycles. The van der Waals surface area contributed by atoms with E-state index in [2.05, 4.69) is 12.6 Å². The van der Waals surface area contributed by atoms with Crippen LogP contribution in [0, 0.1) is 29.2 Å². The number of ether oxygens (including phenoxy) is 1. The summed E-state index contributed by atoms with van der Waals surface area (Å²) >= 11 is 4.02. The second kappa shape index (κ2) is 6.14. The van der Waals surface area contributed by atoms with Crippen molar-refractivity contribution >= 4 is 12.6 Å². The first-order valence-corrected chi connectivity index (χ1v) is 5.71. The number of benzene rings is 1. The summed E-state index contributed by atoms with van der Waals surface area (Å²) in [7, 11) is 0. The fourth-order valence-corrected chi connectivity index (χ4v) is 1.54. The van der Waals surface area contributed by atoms with Crippen LogP contribution < -0.4 is 4.74 Å². The van der Waals surface area contributed by atoms with E-state index in [0.717, 1.165) is 0 Å². The molecule has 0 amide bonds. The summed E-state index contributed by atoms with van der Waals surface area (Å²) in [6.45, 7) is 1.81. The molecule has 0 aliphatic carbocycles. The molecule has 1 nitrogen and oxygen atoms in total. The van der Waals surface area contributed by atoms with Gasteiger partial charge in [-0.05, 0) is 12.2 Å². The number of halogens is 4. The average Bonchev–Trinajstić information content (AvgIpc) is 2.31. The first-order valence-electron chi connectivity index (χ1n) is 5.07. The second-order valence-corrected chi connectivity index (χ2v) is 3.93. The average molecular weight is 268 g/mol. The maximum atomic E-state index is 13.2. The summed E-state index contributed by atoms with van der Waals surface area (Å²) in [5, 5.41) is 0. The quantitative estimate of drug-likeness (QED) is 0.488. The van der Waals surface area contributed by atoms with E-state index in [1.54, 1.807) is 0 Å². The van der Waals surface area contributed by atoms with Crippen molar-refractivity contribution < 1.29 is 22.3 Å². The Hall–Kier alpha value is -0.910. The zero-order valence-electron chi connectivity index (χ0n) is 9.14. The van der Waals surface area contributed by atoms with E-state index >= 15 is 0 Å². The second-order valence-electron chi connectivity index (χ2n) is 3.57. The van der Waals surface area contributed by atoms with Crippen LogP contribution >= 0.6 is 12.6 Å². The Morgan fingerprint density at radius 1 is 1.18 bits per heavy atom. The van der Waals surface area contributed by atoms with Crippen LogP contribution in [0.1, 0.15) is 13.3 Å². The summed E-state index contributed by atoms with van der Waals surface area (Å²) in [6.07, 6.45) is 0.685. The molecule has 0 aliphatic heterocycles. The molecular formula is C11H12F4OS. The van der Waals surface area contributed by atoms with Gasteiger partial charge in [-0.2, -0.15) is 21.4 Å². The summed E-state index contributed by atoms with van der Waals surface area (Å²) in [5.74, 6) is -6.57. The van der Waals surface area contributed by atoms with Crippen LogP contribution in [-0.4, -0.2) is 12.4 Å². The molecule has 0 saturated carbocycles. The monoisotopic (exact) mass is 268 g/mol. The third-order valence-corrected chi connectivity index (χ3v) is 2.89. The van der Waals surface area contributed by atoms with E-state index in [1.807, 2.05) is 6.92 Å². The van der Waals surface area contributed by atoms with E-state index in [4.69, 9.17) is 4.74 Å². The highest BCUT2D eigenvalue weighted by atomic mass is 32.1. The lowest BCUT2D eigenvalue weighted by atomic mass is 10.1. The van der Waals surface area contributed by atoms with Crippen molar-refractivity contribution in [3.05, 3.63) is 29.3 Å². The Balaban J connectivity index is 2.90. The maximum Gasteiger partial charge on any atom is 0.203 e. The normalized spacial score (nSPS) is 12.6. The summed E-state index contributed by atoms with van der Waals surface area (Å²) < 4.78 is 56.8. The van der Waals surface area contributed by atoms with E-state index in [9.17, 15) is 17.6 Å². The van der Waals surface area contributed by atoms with Crippen molar-refractivity contribution in [3.8, 4) is 5.75 Å². The van der Waals surface area contributed by atoms with Crippen LogP contribution in [0.4, 0.5) is 17.6 Å². The molecule has 0 saturated heterocycles. The van der Waals surface area contributed by atoms with Crippen LogP contribution in [-0.2, 0) is 0 Å². The number of hydrogen-bond donors (Lipinski definition) is 1. The minimum atomic E-state index is -1.52. The van der Waals surface area contributed by atoms with Crippen molar-refractivity contribution in [1.82, 2.24) is 0 Å². The summed E-state index contributed by atoms with van der Waals surface area (Å²) in [5.41, 5.74) is 0. The third kappa shape index (κ3) is 3.28. The minimum Gasteiger partial charge on any atom is -0.487 e. The number of thiol groups is 1. The highest BCUT2D eigenvalue weighted by Gasteiger charge is 2.21. The fourth-order valence-electron chi connectivity index (χ4n) is 1.18. The largest absolute Gasteiger partial charge is 0.487 e. The molecule has 0 spiro atoms. The molecule has 0 aliphatic rings. The van der Waals surface area contributed by atoms with Crippen molar-refractivity contribution in [2.45, 2.75) is 13.3 Å². The van der Waals surface area contributed by atoms with Gasteiger partial charge in [0.15, 0.2) is 17.4 Å². The zero-order valence-corrected chi connectivity index (χ0v) is 10.0. The topological polar surface area (TPSA) is 9.23 Å². The molecular weight excluding hydrogens is 256 g/mol. The lowest BCUT2D eigenvalue weighted by Crippen LogP contribution is -2.15. The van der Waals surface area contributed by atoms with Gasteiger partial charge in [0, 0.05) is 12.0 Å². The first kappa shape index (κ1) is 14.2. The van der Waals surface area contributed by atoms with Crippen molar-refractivity contribution in [1.29, 1.82) is 0 Å². The van der Waals surface area contributed by atoms with Gasteiger partial charge in [-0.25, -0.2) is 8.78 Å². The fraction of sp³-hybridized carbons (Fsp3) is 0.455. The molecule has 96 valence electrons. The van der Waals surface area contributed by atoms with Gasteiger partial charge in [0.25, 0.3) is 0 Å². The minimum absolute atomic E-state index is 0.0385. The van der Waals surface area contributed by atoms with Crippen molar-refractivity contribution in [3.63, 3.8) is 0 Å². The standard InChI is InChI=1S/C11H12F4OS/c1-2-6(5-17)4-16-11-9(14)7(12)3-8(13)10(11)15/h3,6,17H,2,4-5H2,1H3.